The van der Waals surface area contributed by atoms with E-state index in [2.05, 4.69) is 15.9 Å². The molecule has 0 unspecified atom stereocenters. The third kappa shape index (κ3) is 3.95. The minimum Gasteiger partial charge on any atom is -0.512 e. The molecule has 0 saturated carbocycles. The van der Waals surface area contributed by atoms with E-state index in [0.717, 1.165) is 4.47 Å². The number of aliphatic hydroxyl groups excluding tert-OH is 2. The van der Waals surface area contributed by atoms with Crippen molar-refractivity contribution in [3.63, 3.8) is 0 Å². The van der Waals surface area contributed by atoms with Gasteiger partial charge in [0.25, 0.3) is 0 Å². The summed E-state index contributed by atoms with van der Waals surface area (Å²) in [5.74, 6) is -1.09. The van der Waals surface area contributed by atoms with Crippen molar-refractivity contribution in [1.29, 1.82) is 0 Å². The third-order valence-electron chi connectivity index (χ3n) is 5.59. The molecule has 0 bridgehead atoms. The highest BCUT2D eigenvalue weighted by Crippen LogP contribution is 2.48. The van der Waals surface area contributed by atoms with Gasteiger partial charge in [-0.2, -0.15) is 0 Å². The Labute approximate surface area is 174 Å². The summed E-state index contributed by atoms with van der Waals surface area (Å²) in [5, 5.41) is 21.7. The van der Waals surface area contributed by atoms with E-state index in [4.69, 9.17) is 0 Å². The molecule has 5 heteroatoms. The fraction of sp³-hybridized carbons (Fsp3) is 0.478. The molecule has 150 valence electrons. The monoisotopic (exact) mass is 446 g/mol. The first-order chi connectivity index (χ1) is 12.9. The zero-order valence-electron chi connectivity index (χ0n) is 16.8. The van der Waals surface area contributed by atoms with Gasteiger partial charge < -0.3 is 10.2 Å². The van der Waals surface area contributed by atoms with Crippen LogP contribution in [0.5, 0.6) is 0 Å². The summed E-state index contributed by atoms with van der Waals surface area (Å²) >= 11 is 3.52. The first kappa shape index (κ1) is 20.8. The molecule has 0 amide bonds. The van der Waals surface area contributed by atoms with Crippen LogP contribution >= 0.6 is 15.9 Å². The highest BCUT2D eigenvalue weighted by molar-refractivity contribution is 9.10. The van der Waals surface area contributed by atoms with Crippen molar-refractivity contribution in [3.8, 4) is 0 Å². The topological polar surface area (TPSA) is 74.6 Å². The van der Waals surface area contributed by atoms with Crippen molar-refractivity contribution in [2.24, 2.45) is 10.8 Å². The SMILES string of the molecule is CC1(C)CC(=O)C(C(C2=C(O)CC(C)(C)CC2=O)c2ccccc2Br)=C(O)C1. The Hall–Kier alpha value is -1.88. The third-order valence-corrected chi connectivity index (χ3v) is 6.31. The molecular weight excluding hydrogens is 420 g/mol. The van der Waals surface area contributed by atoms with Crippen LogP contribution in [0.2, 0.25) is 0 Å². The second kappa shape index (κ2) is 7.18. The van der Waals surface area contributed by atoms with Crippen LogP contribution in [-0.4, -0.2) is 21.8 Å². The predicted molar refractivity (Wildman–Crippen MR) is 112 cm³/mol. The minimum absolute atomic E-state index is 0.0138. The van der Waals surface area contributed by atoms with E-state index in [9.17, 15) is 19.8 Å². The van der Waals surface area contributed by atoms with E-state index < -0.39 is 5.92 Å². The van der Waals surface area contributed by atoms with Crippen LogP contribution in [-0.2, 0) is 9.59 Å². The molecule has 0 heterocycles. The average Bonchev–Trinajstić information content (AvgIpc) is 2.50. The molecule has 1 aromatic rings. The molecule has 0 atom stereocenters. The Morgan fingerprint density at radius 2 is 1.25 bits per heavy atom. The maximum Gasteiger partial charge on any atom is 0.163 e. The number of ketones is 2. The van der Waals surface area contributed by atoms with Gasteiger partial charge in [0.05, 0.1) is 0 Å². The lowest BCUT2D eigenvalue weighted by molar-refractivity contribution is -0.119. The molecule has 0 saturated heterocycles. The van der Waals surface area contributed by atoms with Gasteiger partial charge in [-0.1, -0.05) is 61.8 Å². The van der Waals surface area contributed by atoms with Crippen LogP contribution < -0.4 is 0 Å². The molecule has 2 N–H and O–H groups in total. The number of benzene rings is 1. The molecule has 0 aliphatic heterocycles. The van der Waals surface area contributed by atoms with E-state index in [0.29, 0.717) is 31.2 Å². The smallest absolute Gasteiger partial charge is 0.163 e. The van der Waals surface area contributed by atoms with Gasteiger partial charge >= 0.3 is 0 Å². The molecule has 0 radical (unpaired) electrons. The van der Waals surface area contributed by atoms with E-state index in [1.54, 1.807) is 0 Å². The Morgan fingerprint density at radius 1 is 0.821 bits per heavy atom. The van der Waals surface area contributed by atoms with Crippen molar-refractivity contribution in [2.45, 2.75) is 59.3 Å². The largest absolute Gasteiger partial charge is 0.512 e. The molecular formula is C23H27BrO4. The molecule has 2 aliphatic rings. The van der Waals surface area contributed by atoms with Crippen LogP contribution in [0, 0.1) is 10.8 Å². The standard InChI is InChI=1S/C23H27BrO4/c1-22(2)9-15(25)20(16(26)10-22)19(13-7-5-6-8-14(13)24)21-17(27)11-23(3,4)12-18(21)28/h5-8,19,25,27H,9-12H2,1-4H3. The van der Waals surface area contributed by atoms with Crippen molar-refractivity contribution in [1.82, 2.24) is 0 Å². The summed E-state index contributed by atoms with van der Waals surface area (Å²) in [6, 6.07) is 7.35. The normalized spacial score (nSPS) is 22.2. The van der Waals surface area contributed by atoms with Gasteiger partial charge in [0.15, 0.2) is 11.6 Å². The lowest BCUT2D eigenvalue weighted by Gasteiger charge is -2.36. The Balaban J connectivity index is 2.25. The lowest BCUT2D eigenvalue weighted by Crippen LogP contribution is -2.33. The molecule has 2 aliphatic carbocycles. The average molecular weight is 447 g/mol. The molecule has 0 fully saturated rings. The Kier molecular flexibility index (Phi) is 5.34. The summed E-state index contributed by atoms with van der Waals surface area (Å²) in [5.41, 5.74) is 0.504. The van der Waals surface area contributed by atoms with Crippen molar-refractivity contribution in [2.75, 3.05) is 0 Å². The summed E-state index contributed by atoms with van der Waals surface area (Å²) in [7, 11) is 0. The number of Topliss-reactive ketones (excluding diaryl/α,β-unsaturated/α-hetero) is 2. The van der Waals surface area contributed by atoms with Gasteiger partial charge in [-0.3, -0.25) is 9.59 Å². The van der Waals surface area contributed by atoms with Gasteiger partial charge in [0, 0.05) is 47.2 Å². The number of allylic oxidation sites excluding steroid dienone is 4. The molecule has 28 heavy (non-hydrogen) atoms. The molecule has 1 aromatic carbocycles. The number of hydrogen-bond acceptors (Lipinski definition) is 4. The summed E-state index contributed by atoms with van der Waals surface area (Å²) in [4.78, 5) is 26.2. The van der Waals surface area contributed by atoms with E-state index >= 15 is 0 Å². The highest BCUT2D eigenvalue weighted by atomic mass is 79.9. The lowest BCUT2D eigenvalue weighted by atomic mass is 9.67. The summed E-state index contributed by atoms with van der Waals surface area (Å²) < 4.78 is 0.732. The van der Waals surface area contributed by atoms with Crippen LogP contribution in [0.1, 0.15) is 64.9 Å². The number of carbonyl (C=O) groups excluding carboxylic acids is 2. The number of halogens is 1. The van der Waals surface area contributed by atoms with Gasteiger partial charge in [-0.15, -0.1) is 0 Å². The van der Waals surface area contributed by atoms with Crippen LogP contribution in [0.3, 0.4) is 0 Å². The fourth-order valence-electron chi connectivity index (χ4n) is 4.42. The number of carbonyl (C=O) groups is 2. The van der Waals surface area contributed by atoms with Gasteiger partial charge in [-0.25, -0.2) is 0 Å². The maximum absolute atomic E-state index is 13.1. The van der Waals surface area contributed by atoms with Gasteiger partial charge in [-0.05, 0) is 22.5 Å². The van der Waals surface area contributed by atoms with Gasteiger partial charge in [0.1, 0.15) is 11.5 Å². The predicted octanol–water partition coefficient (Wildman–Crippen LogP) is 5.94. The number of hydrogen-bond donors (Lipinski definition) is 2. The first-order valence-electron chi connectivity index (χ1n) is 9.57. The van der Waals surface area contributed by atoms with E-state index in [1.807, 2.05) is 52.0 Å². The first-order valence-corrected chi connectivity index (χ1v) is 10.4. The zero-order valence-corrected chi connectivity index (χ0v) is 18.4. The van der Waals surface area contributed by atoms with E-state index in [1.165, 1.54) is 0 Å². The molecule has 3 rings (SSSR count). The summed E-state index contributed by atoms with van der Waals surface area (Å²) in [6.07, 6.45) is 1.31. The maximum atomic E-state index is 13.1. The second-order valence-electron chi connectivity index (χ2n) is 9.56. The van der Waals surface area contributed by atoms with Crippen molar-refractivity contribution >= 4 is 27.5 Å². The van der Waals surface area contributed by atoms with Crippen molar-refractivity contribution in [3.05, 3.63) is 57.0 Å². The Morgan fingerprint density at radius 3 is 1.64 bits per heavy atom. The minimum atomic E-state index is -0.775. The zero-order chi connectivity index (χ0) is 20.9. The highest BCUT2D eigenvalue weighted by Gasteiger charge is 2.44. The molecule has 4 nitrogen and oxygen atoms in total. The quantitative estimate of drug-likeness (QED) is 0.602. The van der Waals surface area contributed by atoms with Crippen LogP contribution in [0.4, 0.5) is 0 Å². The number of aliphatic hydroxyl groups is 2. The van der Waals surface area contributed by atoms with Crippen molar-refractivity contribution < 1.29 is 19.8 Å². The van der Waals surface area contributed by atoms with Gasteiger partial charge in [0.2, 0.25) is 0 Å². The fourth-order valence-corrected chi connectivity index (χ4v) is 4.94. The molecule has 0 spiro atoms. The Bertz CT molecular complexity index is 853. The molecule has 0 aromatic heterocycles. The second-order valence-corrected chi connectivity index (χ2v) is 10.4. The number of rotatable bonds is 3. The van der Waals surface area contributed by atoms with Crippen LogP contribution in [0.15, 0.2) is 51.4 Å². The van der Waals surface area contributed by atoms with E-state index in [-0.39, 0.29) is 45.1 Å². The summed E-state index contributed by atoms with van der Waals surface area (Å²) in [6.45, 7) is 7.76. The van der Waals surface area contributed by atoms with Crippen LogP contribution in [0.25, 0.3) is 0 Å².